The monoisotopic (exact) mass is 248 g/mol. The Hall–Kier alpha value is -0.930. The van der Waals surface area contributed by atoms with Crippen LogP contribution in [0.3, 0.4) is 0 Å². The van der Waals surface area contributed by atoms with Gasteiger partial charge in [-0.3, -0.25) is 9.69 Å². The van der Waals surface area contributed by atoms with Gasteiger partial charge in [0.1, 0.15) is 10.9 Å². The van der Waals surface area contributed by atoms with Gasteiger partial charge in [-0.2, -0.15) is 0 Å². The van der Waals surface area contributed by atoms with Gasteiger partial charge in [0.2, 0.25) is 0 Å². The van der Waals surface area contributed by atoms with Crippen LogP contribution in [0.4, 0.5) is 0 Å². The molecule has 0 N–H and O–H groups in total. The molecular weight excluding hydrogens is 236 g/mol. The van der Waals surface area contributed by atoms with Crippen molar-refractivity contribution in [1.29, 1.82) is 0 Å². The van der Waals surface area contributed by atoms with Crippen LogP contribution in [0.25, 0.3) is 0 Å². The van der Waals surface area contributed by atoms with E-state index in [1.54, 1.807) is 0 Å². The van der Waals surface area contributed by atoms with Gasteiger partial charge in [-0.15, -0.1) is 0 Å². The third-order valence-corrected chi connectivity index (χ3v) is 4.74. The minimum absolute atomic E-state index is 0.0577. The first-order valence-electron chi connectivity index (χ1n) is 6.17. The quantitative estimate of drug-likeness (QED) is 0.660. The smallest absolute Gasteiger partial charge is 0.143 e. The van der Waals surface area contributed by atoms with Gasteiger partial charge in [0.05, 0.1) is 5.92 Å². The Morgan fingerprint density at radius 2 is 2.29 bits per heavy atom. The summed E-state index contributed by atoms with van der Waals surface area (Å²) in [5.41, 5.74) is 2.33. The summed E-state index contributed by atoms with van der Waals surface area (Å²) in [5, 5.41) is 0.532. The summed E-state index contributed by atoms with van der Waals surface area (Å²) in [6, 6.07) is 2.83. The number of carbonyl (C=O) groups excluding carboxylic acids is 1. The normalized spacial score (nSPS) is 38.1. The van der Waals surface area contributed by atoms with Crippen LogP contribution >= 0.6 is 11.6 Å². The maximum absolute atomic E-state index is 12.2. The summed E-state index contributed by atoms with van der Waals surface area (Å²) in [5.74, 6) is 0.459. The Morgan fingerprint density at radius 1 is 1.41 bits per heavy atom. The molecule has 1 aromatic heterocycles. The van der Waals surface area contributed by atoms with Gasteiger partial charge in [0, 0.05) is 31.2 Å². The van der Waals surface area contributed by atoms with Crippen molar-refractivity contribution in [3.05, 3.63) is 28.5 Å². The number of aromatic nitrogens is 1. The number of hydrogen-bond donors (Lipinski definition) is 0. The highest BCUT2D eigenvalue weighted by Gasteiger charge is 2.50. The van der Waals surface area contributed by atoms with E-state index in [0.717, 1.165) is 24.9 Å². The van der Waals surface area contributed by atoms with E-state index in [1.807, 2.05) is 12.3 Å². The number of piperidine rings is 1. The molecule has 3 aliphatic rings. The summed E-state index contributed by atoms with van der Waals surface area (Å²) in [7, 11) is 0. The van der Waals surface area contributed by atoms with E-state index in [1.165, 1.54) is 12.0 Å². The number of carbonyl (C=O) groups is 1. The number of hydrogen-bond acceptors (Lipinski definition) is 3. The van der Waals surface area contributed by atoms with Crippen LogP contribution in [0.15, 0.2) is 12.3 Å². The topological polar surface area (TPSA) is 33.2 Å². The van der Waals surface area contributed by atoms with Crippen molar-refractivity contribution < 1.29 is 4.79 Å². The highest BCUT2D eigenvalue weighted by molar-refractivity contribution is 6.29. The van der Waals surface area contributed by atoms with Crippen LogP contribution < -0.4 is 0 Å². The van der Waals surface area contributed by atoms with Crippen molar-refractivity contribution >= 4 is 17.4 Å². The summed E-state index contributed by atoms with van der Waals surface area (Å²) in [6.45, 7) is 0.941. The lowest BCUT2D eigenvalue weighted by molar-refractivity contribution is -0.126. The lowest BCUT2D eigenvalue weighted by atomic mass is 9.78. The third kappa shape index (κ3) is 1.27. The van der Waals surface area contributed by atoms with Gasteiger partial charge < -0.3 is 0 Å². The second kappa shape index (κ2) is 3.30. The van der Waals surface area contributed by atoms with Gasteiger partial charge >= 0.3 is 0 Å². The molecule has 4 atom stereocenters. The Morgan fingerprint density at radius 3 is 3.18 bits per heavy atom. The maximum atomic E-state index is 12.2. The number of nitrogens with zero attached hydrogens (tertiary/aromatic N) is 2. The largest absolute Gasteiger partial charge is 0.299 e. The molecule has 4 heteroatoms. The van der Waals surface area contributed by atoms with Crippen molar-refractivity contribution in [3.63, 3.8) is 0 Å². The molecule has 4 rings (SSSR count). The van der Waals surface area contributed by atoms with Gasteiger partial charge in [0.25, 0.3) is 0 Å². The molecule has 0 aromatic carbocycles. The Kier molecular flexibility index (Phi) is 1.95. The molecule has 2 saturated heterocycles. The van der Waals surface area contributed by atoms with Crippen LogP contribution in [0, 0.1) is 0 Å². The van der Waals surface area contributed by atoms with E-state index < -0.39 is 0 Å². The molecule has 1 aromatic rings. The van der Waals surface area contributed by atoms with E-state index in [0.29, 0.717) is 23.0 Å². The lowest BCUT2D eigenvalue weighted by Gasteiger charge is -2.44. The predicted octanol–water partition coefficient (Wildman–Crippen LogP) is 2.14. The van der Waals surface area contributed by atoms with Gasteiger partial charge in [-0.1, -0.05) is 11.6 Å². The standard InChI is InChI=1S/C13H13ClN2O/c14-12-3-7-6-16-8-1-2-10(16)13(11(17)4-8)9(7)5-15-12/h3,5,8,10,13H,1-2,4,6H2/t8-,10+,13?/m0/s1. The Balaban J connectivity index is 1.90. The number of halogens is 1. The van der Waals surface area contributed by atoms with Crippen molar-refractivity contribution in [1.82, 2.24) is 9.88 Å². The van der Waals surface area contributed by atoms with Crippen molar-refractivity contribution in [2.45, 2.75) is 43.8 Å². The molecule has 2 unspecified atom stereocenters. The number of pyridine rings is 1. The van der Waals surface area contributed by atoms with Crippen LogP contribution in [0.1, 0.15) is 36.3 Å². The molecular formula is C13H13ClN2O. The van der Waals surface area contributed by atoms with E-state index >= 15 is 0 Å². The van der Waals surface area contributed by atoms with Crippen molar-refractivity contribution in [2.24, 2.45) is 0 Å². The molecule has 4 bridgehead atoms. The lowest BCUT2D eigenvalue weighted by Crippen LogP contribution is -2.50. The average Bonchev–Trinajstić information content (AvgIpc) is 2.58. The van der Waals surface area contributed by atoms with Crippen LogP contribution in [-0.2, 0) is 11.3 Å². The Bertz CT molecular complexity index is 516. The Labute approximate surface area is 105 Å². The van der Waals surface area contributed by atoms with Gasteiger partial charge in [0.15, 0.2) is 0 Å². The second-order valence-corrected chi connectivity index (χ2v) is 5.71. The molecule has 4 heterocycles. The molecule has 0 aliphatic carbocycles. The minimum atomic E-state index is 0.0577. The SMILES string of the molecule is O=C1C[C@@H]2CC[C@@H]3C1c1cnc(Cl)cc1CN23. The van der Waals surface area contributed by atoms with E-state index in [-0.39, 0.29) is 5.92 Å². The summed E-state index contributed by atoms with van der Waals surface area (Å²) in [6.07, 6.45) is 4.87. The number of ketones is 1. The van der Waals surface area contributed by atoms with Gasteiger partial charge in [-0.25, -0.2) is 4.98 Å². The maximum Gasteiger partial charge on any atom is 0.143 e. The molecule has 3 nitrogen and oxygen atoms in total. The van der Waals surface area contributed by atoms with E-state index in [4.69, 9.17) is 11.6 Å². The fourth-order valence-electron chi connectivity index (χ4n) is 3.84. The zero-order chi connectivity index (χ0) is 11.6. The van der Waals surface area contributed by atoms with E-state index in [2.05, 4.69) is 9.88 Å². The summed E-state index contributed by atoms with van der Waals surface area (Å²) < 4.78 is 0. The first-order chi connectivity index (χ1) is 8.24. The fourth-order valence-corrected chi connectivity index (χ4v) is 4.02. The first kappa shape index (κ1) is 10.0. The van der Waals surface area contributed by atoms with Crippen molar-refractivity contribution in [3.8, 4) is 0 Å². The third-order valence-electron chi connectivity index (χ3n) is 4.54. The van der Waals surface area contributed by atoms with Crippen LogP contribution in [0.5, 0.6) is 0 Å². The van der Waals surface area contributed by atoms with Crippen LogP contribution in [-0.4, -0.2) is 27.8 Å². The minimum Gasteiger partial charge on any atom is -0.299 e. The average molecular weight is 249 g/mol. The van der Waals surface area contributed by atoms with Crippen LogP contribution in [0.2, 0.25) is 5.15 Å². The summed E-state index contributed by atoms with van der Waals surface area (Å²) in [4.78, 5) is 18.9. The van der Waals surface area contributed by atoms with Gasteiger partial charge in [-0.05, 0) is 30.0 Å². The molecule has 0 saturated carbocycles. The first-order valence-corrected chi connectivity index (χ1v) is 6.54. The zero-order valence-corrected chi connectivity index (χ0v) is 10.2. The highest BCUT2D eigenvalue weighted by atomic mass is 35.5. The molecule has 0 radical (unpaired) electrons. The molecule has 17 heavy (non-hydrogen) atoms. The van der Waals surface area contributed by atoms with E-state index in [9.17, 15) is 4.79 Å². The molecule has 0 spiro atoms. The number of Topliss-reactive ketones (excluding diaryl/α,β-unsaturated/α-hetero) is 1. The summed E-state index contributed by atoms with van der Waals surface area (Å²) >= 11 is 5.94. The number of rotatable bonds is 0. The highest BCUT2D eigenvalue weighted by Crippen LogP contribution is 2.47. The second-order valence-electron chi connectivity index (χ2n) is 5.32. The van der Waals surface area contributed by atoms with Crippen molar-refractivity contribution in [2.75, 3.05) is 0 Å². The molecule has 3 aliphatic heterocycles. The molecule has 0 amide bonds. The fraction of sp³-hybridized carbons (Fsp3) is 0.538. The molecule has 2 fully saturated rings. The predicted molar refractivity (Wildman–Crippen MR) is 64.0 cm³/mol. The molecule has 88 valence electrons. The number of fused-ring (bicyclic) bond motifs is 2. The zero-order valence-electron chi connectivity index (χ0n) is 9.40.